The molecular weight excluding hydrogens is 368 g/mol. The Morgan fingerprint density at radius 3 is 2.52 bits per heavy atom. The van der Waals surface area contributed by atoms with Crippen molar-refractivity contribution in [2.24, 2.45) is 5.10 Å². The van der Waals surface area contributed by atoms with Crippen LogP contribution in [-0.2, 0) is 0 Å². The van der Waals surface area contributed by atoms with Crippen LogP contribution in [0, 0.1) is 0 Å². The van der Waals surface area contributed by atoms with E-state index in [4.69, 9.17) is 4.42 Å². The number of amides is 1. The van der Waals surface area contributed by atoms with Gasteiger partial charge >= 0.3 is 0 Å². The van der Waals surface area contributed by atoms with E-state index in [0.29, 0.717) is 22.2 Å². The van der Waals surface area contributed by atoms with Gasteiger partial charge in [-0.1, -0.05) is 36.4 Å². The Labute approximate surface area is 166 Å². The lowest BCUT2D eigenvalue weighted by atomic mass is 10.1. The maximum Gasteiger partial charge on any atom is 0.292 e. The SMILES string of the molecule is C/C(=N\NC(=O)c1nn(C(C)C)c(=O)c2ccccc12)c1cc2ccccc2o1. The van der Waals surface area contributed by atoms with E-state index in [1.165, 1.54) is 4.68 Å². The number of carbonyl (C=O) groups is 1. The Hall–Kier alpha value is -3.74. The Morgan fingerprint density at radius 2 is 1.79 bits per heavy atom. The molecular formula is C22H20N4O3. The van der Waals surface area contributed by atoms with E-state index in [0.717, 1.165) is 11.0 Å². The summed E-state index contributed by atoms with van der Waals surface area (Å²) in [6.45, 7) is 5.43. The molecule has 0 saturated heterocycles. The van der Waals surface area contributed by atoms with E-state index in [-0.39, 0.29) is 17.3 Å². The molecule has 4 rings (SSSR count). The molecule has 29 heavy (non-hydrogen) atoms. The predicted octanol–water partition coefficient (Wildman–Crippen LogP) is 3.88. The fourth-order valence-corrected chi connectivity index (χ4v) is 3.13. The van der Waals surface area contributed by atoms with Gasteiger partial charge < -0.3 is 4.42 Å². The summed E-state index contributed by atoms with van der Waals surface area (Å²) in [5.41, 5.74) is 3.73. The van der Waals surface area contributed by atoms with Gasteiger partial charge in [0.05, 0.1) is 11.4 Å². The topological polar surface area (TPSA) is 89.5 Å². The van der Waals surface area contributed by atoms with Crippen LogP contribution in [0.2, 0.25) is 0 Å². The highest BCUT2D eigenvalue weighted by molar-refractivity contribution is 6.06. The highest BCUT2D eigenvalue weighted by Gasteiger charge is 2.18. The van der Waals surface area contributed by atoms with Crippen molar-refractivity contribution in [3.05, 3.63) is 76.4 Å². The van der Waals surface area contributed by atoms with Gasteiger partial charge in [-0.05, 0) is 39.0 Å². The maximum absolute atomic E-state index is 12.8. The summed E-state index contributed by atoms with van der Waals surface area (Å²) in [7, 11) is 0. The first-order chi connectivity index (χ1) is 14.0. The molecule has 7 heteroatoms. The van der Waals surface area contributed by atoms with Crippen LogP contribution in [0.3, 0.4) is 0 Å². The number of carbonyl (C=O) groups excluding carboxylic acids is 1. The molecule has 0 fully saturated rings. The van der Waals surface area contributed by atoms with Crippen LogP contribution < -0.4 is 11.0 Å². The van der Waals surface area contributed by atoms with E-state index in [9.17, 15) is 9.59 Å². The third-order valence-corrected chi connectivity index (χ3v) is 4.64. The average Bonchev–Trinajstić information content (AvgIpc) is 3.16. The van der Waals surface area contributed by atoms with Crippen LogP contribution in [0.5, 0.6) is 0 Å². The van der Waals surface area contributed by atoms with E-state index < -0.39 is 5.91 Å². The summed E-state index contributed by atoms with van der Waals surface area (Å²) in [6, 6.07) is 16.3. The number of nitrogens with zero attached hydrogens (tertiary/aromatic N) is 3. The minimum absolute atomic E-state index is 0.148. The molecule has 0 aliphatic heterocycles. The lowest BCUT2D eigenvalue weighted by Gasteiger charge is -2.12. The minimum atomic E-state index is -0.494. The van der Waals surface area contributed by atoms with Crippen molar-refractivity contribution in [1.82, 2.24) is 15.2 Å². The molecule has 4 aromatic rings. The van der Waals surface area contributed by atoms with Crippen LogP contribution in [0.1, 0.15) is 43.1 Å². The molecule has 0 saturated carbocycles. The monoisotopic (exact) mass is 388 g/mol. The van der Waals surface area contributed by atoms with E-state index in [1.54, 1.807) is 31.2 Å². The van der Waals surface area contributed by atoms with Crippen LogP contribution >= 0.6 is 0 Å². The summed E-state index contributed by atoms with van der Waals surface area (Å²) in [6.07, 6.45) is 0. The third kappa shape index (κ3) is 3.42. The van der Waals surface area contributed by atoms with E-state index >= 15 is 0 Å². The molecule has 0 bridgehead atoms. The smallest absolute Gasteiger partial charge is 0.292 e. The molecule has 0 aliphatic rings. The van der Waals surface area contributed by atoms with Crippen molar-refractivity contribution in [1.29, 1.82) is 0 Å². The zero-order valence-electron chi connectivity index (χ0n) is 16.3. The molecule has 2 aromatic carbocycles. The molecule has 0 radical (unpaired) electrons. The average molecular weight is 388 g/mol. The Kier molecular flexibility index (Phi) is 4.72. The summed E-state index contributed by atoms with van der Waals surface area (Å²) >= 11 is 0. The number of nitrogens with one attached hydrogen (secondary N) is 1. The van der Waals surface area contributed by atoms with Gasteiger partial charge in [0.2, 0.25) is 0 Å². The van der Waals surface area contributed by atoms with Crippen molar-refractivity contribution >= 4 is 33.4 Å². The first-order valence-corrected chi connectivity index (χ1v) is 9.31. The lowest BCUT2D eigenvalue weighted by Crippen LogP contribution is -2.30. The molecule has 1 amide bonds. The summed E-state index contributed by atoms with van der Waals surface area (Å²) in [5.74, 6) is 0.0718. The van der Waals surface area contributed by atoms with Crippen molar-refractivity contribution in [3.8, 4) is 0 Å². The van der Waals surface area contributed by atoms with Crippen molar-refractivity contribution in [3.63, 3.8) is 0 Å². The van der Waals surface area contributed by atoms with Gasteiger partial charge in [-0.25, -0.2) is 10.1 Å². The van der Waals surface area contributed by atoms with Crippen molar-refractivity contribution in [2.75, 3.05) is 0 Å². The molecule has 1 N–H and O–H groups in total. The quantitative estimate of drug-likeness (QED) is 0.424. The molecule has 2 aromatic heterocycles. The number of rotatable bonds is 4. The van der Waals surface area contributed by atoms with E-state index in [1.807, 2.05) is 44.2 Å². The zero-order valence-corrected chi connectivity index (χ0v) is 16.3. The summed E-state index contributed by atoms with van der Waals surface area (Å²) in [5, 5.41) is 10.3. The van der Waals surface area contributed by atoms with Gasteiger partial charge in [0, 0.05) is 10.8 Å². The number of benzene rings is 2. The highest BCUT2D eigenvalue weighted by atomic mass is 16.3. The van der Waals surface area contributed by atoms with Crippen molar-refractivity contribution in [2.45, 2.75) is 26.8 Å². The van der Waals surface area contributed by atoms with Gasteiger partial charge in [0.1, 0.15) is 11.3 Å². The first kappa shape index (κ1) is 18.6. The van der Waals surface area contributed by atoms with Crippen LogP contribution in [0.25, 0.3) is 21.7 Å². The zero-order chi connectivity index (χ0) is 20.5. The summed E-state index contributed by atoms with van der Waals surface area (Å²) < 4.78 is 7.07. The van der Waals surface area contributed by atoms with Crippen LogP contribution in [-0.4, -0.2) is 21.4 Å². The first-order valence-electron chi connectivity index (χ1n) is 9.31. The van der Waals surface area contributed by atoms with Crippen molar-refractivity contribution < 1.29 is 9.21 Å². The standard InChI is InChI=1S/C22H20N4O3/c1-13(2)26-22(28)17-10-6-5-9-16(17)20(25-26)21(27)24-23-14(3)19-12-15-8-4-7-11-18(15)29-19/h4-13H,1-3H3,(H,24,27)/b23-14+. The van der Waals surface area contributed by atoms with Crippen LogP contribution in [0.4, 0.5) is 0 Å². The van der Waals surface area contributed by atoms with Gasteiger partial charge in [-0.2, -0.15) is 10.2 Å². The third-order valence-electron chi connectivity index (χ3n) is 4.64. The number of furan rings is 1. The Balaban J connectivity index is 1.69. The number of aromatic nitrogens is 2. The molecule has 2 heterocycles. The number of hydrogen-bond donors (Lipinski definition) is 1. The van der Waals surface area contributed by atoms with Gasteiger partial charge in [0.25, 0.3) is 11.5 Å². The van der Waals surface area contributed by atoms with Gasteiger partial charge in [-0.3, -0.25) is 9.59 Å². The molecule has 0 spiro atoms. The second-order valence-electron chi connectivity index (χ2n) is 7.02. The second-order valence-corrected chi connectivity index (χ2v) is 7.02. The molecule has 0 aliphatic carbocycles. The fourth-order valence-electron chi connectivity index (χ4n) is 3.13. The number of fused-ring (bicyclic) bond motifs is 2. The maximum atomic E-state index is 12.8. The lowest BCUT2D eigenvalue weighted by molar-refractivity contribution is 0.0949. The predicted molar refractivity (Wildman–Crippen MR) is 112 cm³/mol. The minimum Gasteiger partial charge on any atom is -0.455 e. The summed E-state index contributed by atoms with van der Waals surface area (Å²) in [4.78, 5) is 25.4. The van der Waals surface area contributed by atoms with Gasteiger partial charge in [0.15, 0.2) is 11.5 Å². The molecule has 146 valence electrons. The fraction of sp³-hybridized carbons (Fsp3) is 0.182. The largest absolute Gasteiger partial charge is 0.455 e. The van der Waals surface area contributed by atoms with Gasteiger partial charge in [-0.15, -0.1) is 0 Å². The molecule has 0 atom stereocenters. The normalized spacial score (nSPS) is 12.1. The second kappa shape index (κ2) is 7.35. The number of hydrogen-bond acceptors (Lipinski definition) is 5. The highest BCUT2D eigenvalue weighted by Crippen LogP contribution is 2.19. The number of hydrazone groups is 1. The molecule has 0 unspecified atom stereocenters. The Bertz CT molecular complexity index is 1280. The Morgan fingerprint density at radius 1 is 1.10 bits per heavy atom. The van der Waals surface area contributed by atoms with E-state index in [2.05, 4.69) is 15.6 Å². The molecule has 7 nitrogen and oxygen atoms in total. The van der Waals surface area contributed by atoms with Crippen LogP contribution in [0.15, 0.2) is 68.9 Å². The number of para-hydroxylation sites is 1.